The molecule has 0 radical (unpaired) electrons. The van der Waals surface area contributed by atoms with Crippen molar-refractivity contribution in [2.24, 2.45) is 0 Å². The lowest BCUT2D eigenvalue weighted by Crippen LogP contribution is -2.35. The van der Waals surface area contributed by atoms with Crippen molar-refractivity contribution >= 4 is 21.6 Å². The first-order valence-corrected chi connectivity index (χ1v) is 10.4. The van der Waals surface area contributed by atoms with Crippen LogP contribution < -0.4 is 10.1 Å². The Hall–Kier alpha value is -2.38. The number of hydrogen-bond acceptors (Lipinski definition) is 4. The van der Waals surface area contributed by atoms with Gasteiger partial charge in [-0.05, 0) is 61.7 Å². The second kappa shape index (κ2) is 8.10. The Morgan fingerprint density at radius 1 is 1.04 bits per heavy atom. The highest BCUT2D eigenvalue weighted by Gasteiger charge is 2.25. The third kappa shape index (κ3) is 4.31. The van der Waals surface area contributed by atoms with Crippen LogP contribution in [0.4, 0.5) is 5.69 Å². The molecule has 144 valence electrons. The van der Waals surface area contributed by atoms with E-state index in [0.29, 0.717) is 30.1 Å². The zero-order valence-corrected chi connectivity index (χ0v) is 16.4. The van der Waals surface area contributed by atoms with Crippen molar-refractivity contribution in [1.82, 2.24) is 4.31 Å². The zero-order valence-electron chi connectivity index (χ0n) is 15.6. The van der Waals surface area contributed by atoms with E-state index in [1.165, 1.54) is 16.4 Å². The molecule has 6 nitrogen and oxygen atoms in total. The van der Waals surface area contributed by atoms with E-state index in [1.54, 1.807) is 31.4 Å². The Bertz CT molecular complexity index is 917. The lowest BCUT2D eigenvalue weighted by molar-refractivity contribution is 0.102. The minimum Gasteiger partial charge on any atom is -0.496 e. The van der Waals surface area contributed by atoms with Crippen LogP contribution in [0.15, 0.2) is 47.4 Å². The van der Waals surface area contributed by atoms with Crippen LogP contribution in [0.5, 0.6) is 5.75 Å². The molecule has 1 aliphatic heterocycles. The van der Waals surface area contributed by atoms with Crippen LogP contribution in [0.2, 0.25) is 0 Å². The molecule has 0 bridgehead atoms. The van der Waals surface area contributed by atoms with Gasteiger partial charge in [-0.25, -0.2) is 8.42 Å². The van der Waals surface area contributed by atoms with E-state index in [4.69, 9.17) is 4.74 Å². The molecule has 0 unspecified atom stereocenters. The van der Waals surface area contributed by atoms with E-state index in [9.17, 15) is 13.2 Å². The first kappa shape index (κ1) is 19.4. The summed E-state index contributed by atoms with van der Waals surface area (Å²) in [6.07, 6.45) is 2.86. The van der Waals surface area contributed by atoms with Gasteiger partial charge in [0.05, 0.1) is 12.0 Å². The minimum absolute atomic E-state index is 0.249. The summed E-state index contributed by atoms with van der Waals surface area (Å²) < 4.78 is 32.1. The maximum Gasteiger partial charge on any atom is 0.255 e. The van der Waals surface area contributed by atoms with Gasteiger partial charge >= 0.3 is 0 Å². The summed E-state index contributed by atoms with van der Waals surface area (Å²) in [7, 11) is -1.91. The number of nitrogens with zero attached hydrogens (tertiary/aromatic N) is 1. The molecule has 1 N–H and O–H groups in total. The topological polar surface area (TPSA) is 75.7 Å². The smallest absolute Gasteiger partial charge is 0.255 e. The third-order valence-electron chi connectivity index (χ3n) is 4.74. The van der Waals surface area contributed by atoms with Crippen LogP contribution in [0.3, 0.4) is 0 Å². The Labute approximate surface area is 160 Å². The standard InChI is InChI=1S/C20H24N2O4S/c1-15-6-7-16(14-19(15)26-2)20(23)21-17-8-10-18(11-9-17)27(24,25)22-12-4-3-5-13-22/h6-11,14H,3-5,12-13H2,1-2H3,(H,21,23). The molecule has 1 amide bonds. The van der Waals surface area contributed by atoms with Crippen molar-refractivity contribution in [2.45, 2.75) is 31.1 Å². The fourth-order valence-corrected chi connectivity index (χ4v) is 4.65. The summed E-state index contributed by atoms with van der Waals surface area (Å²) in [6, 6.07) is 11.5. The second-order valence-corrected chi connectivity index (χ2v) is 8.57. The van der Waals surface area contributed by atoms with Crippen molar-refractivity contribution in [1.29, 1.82) is 0 Å². The molecule has 27 heavy (non-hydrogen) atoms. The van der Waals surface area contributed by atoms with Gasteiger partial charge in [-0.15, -0.1) is 0 Å². The van der Waals surface area contributed by atoms with Gasteiger partial charge in [-0.1, -0.05) is 12.5 Å². The van der Waals surface area contributed by atoms with Gasteiger partial charge in [0.1, 0.15) is 5.75 Å². The number of rotatable bonds is 5. The molecular weight excluding hydrogens is 364 g/mol. The molecule has 0 aromatic heterocycles. The molecule has 0 aliphatic carbocycles. The van der Waals surface area contributed by atoms with Gasteiger partial charge in [0.2, 0.25) is 10.0 Å². The number of sulfonamides is 1. The zero-order chi connectivity index (χ0) is 19.4. The Balaban J connectivity index is 1.73. The first-order chi connectivity index (χ1) is 12.9. The van der Waals surface area contributed by atoms with Gasteiger partial charge in [0, 0.05) is 24.3 Å². The van der Waals surface area contributed by atoms with E-state index in [2.05, 4.69) is 5.32 Å². The average molecular weight is 388 g/mol. The van der Waals surface area contributed by atoms with Gasteiger partial charge in [-0.3, -0.25) is 4.79 Å². The molecule has 1 aliphatic rings. The van der Waals surface area contributed by atoms with Crippen molar-refractivity contribution < 1.29 is 17.9 Å². The lowest BCUT2D eigenvalue weighted by Gasteiger charge is -2.25. The number of piperidine rings is 1. The number of anilines is 1. The van der Waals surface area contributed by atoms with E-state index in [0.717, 1.165) is 24.8 Å². The van der Waals surface area contributed by atoms with E-state index in [1.807, 2.05) is 13.0 Å². The highest BCUT2D eigenvalue weighted by Crippen LogP contribution is 2.23. The average Bonchev–Trinajstić information content (AvgIpc) is 2.69. The maximum absolute atomic E-state index is 12.7. The summed E-state index contributed by atoms with van der Waals surface area (Å²) in [5.41, 5.74) is 1.96. The van der Waals surface area contributed by atoms with Crippen molar-refractivity contribution in [3.05, 3.63) is 53.6 Å². The summed E-state index contributed by atoms with van der Waals surface area (Å²) in [4.78, 5) is 12.7. The summed E-state index contributed by atoms with van der Waals surface area (Å²) in [6.45, 7) is 3.04. The SMILES string of the molecule is COc1cc(C(=O)Nc2ccc(S(=O)(=O)N3CCCCC3)cc2)ccc1C. The predicted molar refractivity (Wildman–Crippen MR) is 105 cm³/mol. The Morgan fingerprint density at radius 2 is 1.70 bits per heavy atom. The Morgan fingerprint density at radius 3 is 2.33 bits per heavy atom. The van der Waals surface area contributed by atoms with Crippen LogP contribution in [0, 0.1) is 6.92 Å². The number of carbonyl (C=O) groups excluding carboxylic acids is 1. The number of benzene rings is 2. The van der Waals surface area contributed by atoms with Crippen molar-refractivity contribution in [2.75, 3.05) is 25.5 Å². The number of hydrogen-bond donors (Lipinski definition) is 1. The summed E-state index contributed by atoms with van der Waals surface area (Å²) in [5, 5.41) is 2.78. The molecule has 1 fully saturated rings. The molecule has 3 rings (SSSR count). The molecule has 1 heterocycles. The maximum atomic E-state index is 12.7. The molecule has 0 spiro atoms. The van der Waals surface area contributed by atoms with E-state index in [-0.39, 0.29) is 10.8 Å². The monoisotopic (exact) mass is 388 g/mol. The fraction of sp³-hybridized carbons (Fsp3) is 0.350. The van der Waals surface area contributed by atoms with Crippen molar-refractivity contribution in [3.63, 3.8) is 0 Å². The van der Waals surface area contributed by atoms with Crippen LogP contribution in [0.1, 0.15) is 35.2 Å². The molecular formula is C20H24N2O4S. The van der Waals surface area contributed by atoms with Crippen LogP contribution >= 0.6 is 0 Å². The Kier molecular flexibility index (Phi) is 5.82. The highest BCUT2D eigenvalue weighted by molar-refractivity contribution is 7.89. The molecule has 0 atom stereocenters. The number of amides is 1. The van der Waals surface area contributed by atoms with E-state index >= 15 is 0 Å². The van der Waals surface area contributed by atoms with Crippen LogP contribution in [-0.4, -0.2) is 38.8 Å². The molecule has 2 aromatic carbocycles. The van der Waals surface area contributed by atoms with Gasteiger partial charge < -0.3 is 10.1 Å². The number of carbonyl (C=O) groups is 1. The molecule has 7 heteroatoms. The number of aryl methyl sites for hydroxylation is 1. The predicted octanol–water partition coefficient (Wildman–Crippen LogP) is 3.43. The molecule has 1 saturated heterocycles. The molecule has 2 aromatic rings. The van der Waals surface area contributed by atoms with Gasteiger partial charge in [0.25, 0.3) is 5.91 Å². The number of methoxy groups -OCH3 is 1. The fourth-order valence-electron chi connectivity index (χ4n) is 3.13. The normalized spacial score (nSPS) is 15.3. The number of nitrogens with one attached hydrogen (secondary N) is 1. The summed E-state index contributed by atoms with van der Waals surface area (Å²) in [5.74, 6) is 0.366. The second-order valence-electron chi connectivity index (χ2n) is 6.63. The third-order valence-corrected chi connectivity index (χ3v) is 6.65. The van der Waals surface area contributed by atoms with Crippen LogP contribution in [0.25, 0.3) is 0 Å². The highest BCUT2D eigenvalue weighted by atomic mass is 32.2. The van der Waals surface area contributed by atoms with Gasteiger partial charge in [-0.2, -0.15) is 4.31 Å². The quantitative estimate of drug-likeness (QED) is 0.851. The summed E-state index contributed by atoms with van der Waals surface area (Å²) >= 11 is 0. The van der Waals surface area contributed by atoms with Crippen LogP contribution in [-0.2, 0) is 10.0 Å². The van der Waals surface area contributed by atoms with Crippen molar-refractivity contribution in [3.8, 4) is 5.75 Å². The largest absolute Gasteiger partial charge is 0.496 e. The first-order valence-electron chi connectivity index (χ1n) is 8.98. The van der Waals surface area contributed by atoms with Gasteiger partial charge in [0.15, 0.2) is 0 Å². The number of ether oxygens (including phenoxy) is 1. The lowest BCUT2D eigenvalue weighted by atomic mass is 10.1. The molecule has 0 saturated carbocycles. The minimum atomic E-state index is -3.47. The van der Waals surface area contributed by atoms with E-state index < -0.39 is 10.0 Å².